The van der Waals surface area contributed by atoms with Crippen LogP contribution in [0.25, 0.3) is 0 Å². The van der Waals surface area contributed by atoms with E-state index in [1.54, 1.807) is 54.6 Å². The second kappa shape index (κ2) is 9.76. The standard InChI is InChI=1S/C23H20N2O4S/c24-21(26)17-7-3-5-15(11-17)13-29-23(28)19-9-1-2-10-20(19)30-14-16-6-4-8-18(12-16)22(25)27/h1-12H,13-14H2,(H2,24,26)(H2,25,27). The SMILES string of the molecule is NC(=O)c1cccc(COC(=O)c2ccccc2SCc2cccc(C(N)=O)c2)c1. The maximum absolute atomic E-state index is 12.6. The first-order valence-electron chi connectivity index (χ1n) is 9.10. The van der Waals surface area contributed by atoms with Crippen molar-refractivity contribution < 1.29 is 19.1 Å². The van der Waals surface area contributed by atoms with Crippen molar-refractivity contribution >= 4 is 29.5 Å². The highest BCUT2D eigenvalue weighted by Crippen LogP contribution is 2.27. The number of carbonyl (C=O) groups excluding carboxylic acids is 3. The third-order valence-electron chi connectivity index (χ3n) is 4.29. The molecule has 152 valence electrons. The Morgan fingerprint density at radius 1 is 0.767 bits per heavy atom. The predicted octanol–water partition coefficient (Wildman–Crippen LogP) is 3.53. The van der Waals surface area contributed by atoms with Gasteiger partial charge in [-0.05, 0) is 47.5 Å². The average Bonchev–Trinajstić information content (AvgIpc) is 2.76. The van der Waals surface area contributed by atoms with Gasteiger partial charge in [0.2, 0.25) is 11.8 Å². The van der Waals surface area contributed by atoms with Gasteiger partial charge in [0.1, 0.15) is 6.61 Å². The zero-order chi connectivity index (χ0) is 21.5. The number of hydrogen-bond acceptors (Lipinski definition) is 5. The van der Waals surface area contributed by atoms with Crippen molar-refractivity contribution in [2.24, 2.45) is 11.5 Å². The van der Waals surface area contributed by atoms with Crippen LogP contribution in [-0.2, 0) is 17.1 Å². The maximum atomic E-state index is 12.6. The van der Waals surface area contributed by atoms with Crippen molar-refractivity contribution in [1.82, 2.24) is 0 Å². The van der Waals surface area contributed by atoms with Gasteiger partial charge in [-0.2, -0.15) is 0 Å². The molecule has 0 aliphatic carbocycles. The maximum Gasteiger partial charge on any atom is 0.339 e. The van der Waals surface area contributed by atoms with Crippen LogP contribution in [0.1, 0.15) is 42.2 Å². The molecule has 0 spiro atoms. The zero-order valence-corrected chi connectivity index (χ0v) is 16.9. The number of ether oxygens (including phenoxy) is 1. The molecule has 7 heteroatoms. The van der Waals surface area contributed by atoms with E-state index < -0.39 is 17.8 Å². The molecule has 3 aromatic carbocycles. The van der Waals surface area contributed by atoms with E-state index in [4.69, 9.17) is 16.2 Å². The number of primary amides is 2. The monoisotopic (exact) mass is 420 g/mol. The van der Waals surface area contributed by atoms with Crippen LogP contribution in [0, 0.1) is 0 Å². The Morgan fingerprint density at radius 2 is 1.37 bits per heavy atom. The van der Waals surface area contributed by atoms with Crippen molar-refractivity contribution in [2.45, 2.75) is 17.3 Å². The number of nitrogens with two attached hydrogens (primary N) is 2. The fourth-order valence-corrected chi connectivity index (χ4v) is 3.76. The summed E-state index contributed by atoms with van der Waals surface area (Å²) in [4.78, 5) is 36.0. The molecular weight excluding hydrogens is 400 g/mol. The highest BCUT2D eigenvalue weighted by atomic mass is 32.2. The van der Waals surface area contributed by atoms with Crippen molar-refractivity contribution in [2.75, 3.05) is 0 Å². The van der Waals surface area contributed by atoms with E-state index in [2.05, 4.69) is 0 Å². The van der Waals surface area contributed by atoms with Crippen LogP contribution >= 0.6 is 11.8 Å². The van der Waals surface area contributed by atoms with Gasteiger partial charge in [0.05, 0.1) is 5.56 Å². The predicted molar refractivity (Wildman–Crippen MR) is 115 cm³/mol. The van der Waals surface area contributed by atoms with Crippen LogP contribution < -0.4 is 11.5 Å². The van der Waals surface area contributed by atoms with Gasteiger partial charge in [0.25, 0.3) is 0 Å². The van der Waals surface area contributed by atoms with Gasteiger partial charge in [0.15, 0.2) is 0 Å². The molecule has 0 unspecified atom stereocenters. The first-order chi connectivity index (χ1) is 14.4. The normalized spacial score (nSPS) is 10.4. The summed E-state index contributed by atoms with van der Waals surface area (Å²) in [5.41, 5.74) is 13.4. The Balaban J connectivity index is 1.68. The molecule has 0 aliphatic heterocycles. The summed E-state index contributed by atoms with van der Waals surface area (Å²) in [7, 11) is 0. The lowest BCUT2D eigenvalue weighted by Crippen LogP contribution is -2.12. The Bertz CT molecular complexity index is 1100. The number of hydrogen-bond donors (Lipinski definition) is 2. The fraction of sp³-hybridized carbons (Fsp3) is 0.0870. The molecule has 0 radical (unpaired) electrons. The molecule has 2 amide bonds. The lowest BCUT2D eigenvalue weighted by molar-refractivity contribution is 0.0468. The van der Waals surface area contributed by atoms with Gasteiger partial charge >= 0.3 is 5.97 Å². The number of rotatable bonds is 8. The van der Waals surface area contributed by atoms with Gasteiger partial charge < -0.3 is 16.2 Å². The Labute approximate surface area is 178 Å². The molecule has 0 saturated carbocycles. The van der Waals surface area contributed by atoms with E-state index in [0.717, 1.165) is 10.5 Å². The van der Waals surface area contributed by atoms with E-state index in [-0.39, 0.29) is 6.61 Å². The van der Waals surface area contributed by atoms with E-state index in [9.17, 15) is 14.4 Å². The zero-order valence-electron chi connectivity index (χ0n) is 16.0. The van der Waals surface area contributed by atoms with Gasteiger partial charge in [-0.3, -0.25) is 9.59 Å². The number of carbonyl (C=O) groups is 3. The van der Waals surface area contributed by atoms with E-state index >= 15 is 0 Å². The molecule has 3 aromatic rings. The van der Waals surface area contributed by atoms with Crippen molar-refractivity contribution in [1.29, 1.82) is 0 Å². The largest absolute Gasteiger partial charge is 0.457 e. The summed E-state index contributed by atoms with van der Waals surface area (Å²) in [5.74, 6) is -0.920. The quantitative estimate of drug-likeness (QED) is 0.428. The molecule has 0 heterocycles. The smallest absolute Gasteiger partial charge is 0.339 e. The molecule has 30 heavy (non-hydrogen) atoms. The summed E-state index contributed by atoms with van der Waals surface area (Å²) < 4.78 is 5.43. The number of esters is 1. The van der Waals surface area contributed by atoms with Crippen molar-refractivity contribution in [3.8, 4) is 0 Å². The Hall–Kier alpha value is -3.58. The number of benzene rings is 3. The van der Waals surface area contributed by atoms with E-state index in [1.165, 1.54) is 11.8 Å². The minimum absolute atomic E-state index is 0.0274. The molecule has 0 fully saturated rings. The highest BCUT2D eigenvalue weighted by molar-refractivity contribution is 7.98. The van der Waals surface area contributed by atoms with Gasteiger partial charge in [-0.15, -0.1) is 11.8 Å². The van der Waals surface area contributed by atoms with Crippen LogP contribution in [0.4, 0.5) is 0 Å². The van der Waals surface area contributed by atoms with E-state index in [0.29, 0.717) is 28.0 Å². The Kier molecular flexibility index (Phi) is 6.87. The topological polar surface area (TPSA) is 112 Å². The van der Waals surface area contributed by atoms with Gasteiger partial charge in [-0.25, -0.2) is 4.79 Å². The number of thioether (sulfide) groups is 1. The minimum atomic E-state index is -0.537. The van der Waals surface area contributed by atoms with Crippen LogP contribution in [0.15, 0.2) is 77.7 Å². The highest BCUT2D eigenvalue weighted by Gasteiger charge is 2.14. The first kappa shape index (κ1) is 21.1. The lowest BCUT2D eigenvalue weighted by Gasteiger charge is -2.10. The summed E-state index contributed by atoms with van der Waals surface area (Å²) >= 11 is 1.46. The van der Waals surface area contributed by atoms with Crippen LogP contribution in [0.2, 0.25) is 0 Å². The molecule has 0 bridgehead atoms. The molecule has 3 rings (SSSR count). The average molecular weight is 420 g/mol. The fourth-order valence-electron chi connectivity index (χ4n) is 2.78. The van der Waals surface area contributed by atoms with Crippen LogP contribution in [0.5, 0.6) is 0 Å². The second-order valence-corrected chi connectivity index (χ2v) is 7.51. The molecule has 0 atom stereocenters. The van der Waals surface area contributed by atoms with Crippen molar-refractivity contribution in [3.63, 3.8) is 0 Å². The molecular formula is C23H20N2O4S. The van der Waals surface area contributed by atoms with Gasteiger partial charge in [0, 0.05) is 21.8 Å². The van der Waals surface area contributed by atoms with Crippen LogP contribution in [-0.4, -0.2) is 17.8 Å². The molecule has 0 aliphatic rings. The first-order valence-corrected chi connectivity index (χ1v) is 10.1. The summed E-state index contributed by atoms with van der Waals surface area (Å²) in [6, 6.07) is 20.9. The van der Waals surface area contributed by atoms with E-state index in [1.807, 2.05) is 18.2 Å². The number of amides is 2. The van der Waals surface area contributed by atoms with Crippen molar-refractivity contribution in [3.05, 3.63) is 101 Å². The van der Waals surface area contributed by atoms with Crippen LogP contribution in [0.3, 0.4) is 0 Å². The lowest BCUT2D eigenvalue weighted by atomic mass is 10.1. The Morgan fingerprint density at radius 3 is 2.03 bits per heavy atom. The second-order valence-electron chi connectivity index (χ2n) is 6.49. The summed E-state index contributed by atoms with van der Waals surface area (Å²) in [5, 5.41) is 0. The molecule has 0 saturated heterocycles. The van der Waals surface area contributed by atoms with Gasteiger partial charge in [-0.1, -0.05) is 36.4 Å². The third kappa shape index (κ3) is 5.48. The molecule has 4 N–H and O–H groups in total. The summed E-state index contributed by atoms with van der Waals surface area (Å²) in [6.45, 7) is 0.0274. The third-order valence-corrected chi connectivity index (χ3v) is 5.44. The minimum Gasteiger partial charge on any atom is -0.457 e. The molecule has 6 nitrogen and oxygen atoms in total. The molecule has 0 aromatic heterocycles. The summed E-state index contributed by atoms with van der Waals surface area (Å²) in [6.07, 6.45) is 0.